The topological polar surface area (TPSA) is 129 Å². The van der Waals surface area contributed by atoms with E-state index in [1.54, 1.807) is 30.3 Å². The molecular weight excluding hydrogens is 513 g/mol. The number of rotatable bonds is 11. The summed E-state index contributed by atoms with van der Waals surface area (Å²) in [7, 11) is 2.44. The van der Waals surface area contributed by atoms with E-state index < -0.39 is 37.0 Å². The predicted molar refractivity (Wildman–Crippen MR) is 132 cm³/mol. The zero-order valence-electron chi connectivity index (χ0n) is 20.9. The molecule has 0 aliphatic carbocycles. The van der Waals surface area contributed by atoms with E-state index in [1.165, 1.54) is 20.2 Å². The lowest BCUT2D eigenvalue weighted by Crippen LogP contribution is -2.41. The Kier molecular flexibility index (Phi) is 13.3. The van der Waals surface area contributed by atoms with Crippen molar-refractivity contribution in [3.63, 3.8) is 0 Å². The summed E-state index contributed by atoms with van der Waals surface area (Å²) in [6.07, 6.45) is 1.30. The smallest absolute Gasteiger partial charge is 0.358 e. The molecule has 0 saturated heterocycles. The molecule has 1 unspecified atom stereocenters. The van der Waals surface area contributed by atoms with Gasteiger partial charge in [0.1, 0.15) is 17.3 Å². The summed E-state index contributed by atoms with van der Waals surface area (Å²) >= 11 is 0. The molecule has 0 saturated carbocycles. The minimum absolute atomic E-state index is 0.118. The van der Waals surface area contributed by atoms with E-state index in [9.17, 15) is 27.7 Å². The van der Waals surface area contributed by atoms with Gasteiger partial charge in [0.25, 0.3) is 0 Å². The van der Waals surface area contributed by atoms with Crippen molar-refractivity contribution in [2.75, 3.05) is 42.0 Å². The van der Waals surface area contributed by atoms with Crippen molar-refractivity contribution < 1.29 is 46.3 Å². The molecule has 0 radical (unpaired) electrons. The van der Waals surface area contributed by atoms with E-state index in [0.717, 1.165) is 39.5 Å². The molecule has 0 aliphatic heterocycles. The van der Waals surface area contributed by atoms with Crippen LogP contribution in [0.2, 0.25) is 0 Å². The number of benzene rings is 2. The lowest BCUT2D eigenvalue weighted by atomic mass is 10.1. The Morgan fingerprint density at radius 2 is 1.51 bits per heavy atom. The second kappa shape index (κ2) is 15.6. The van der Waals surface area contributed by atoms with Gasteiger partial charge in [-0.05, 0) is 23.8 Å². The van der Waals surface area contributed by atoms with Gasteiger partial charge in [0.2, 0.25) is 5.78 Å². The number of hydrogen-bond donors (Lipinski definition) is 2. The van der Waals surface area contributed by atoms with Crippen molar-refractivity contribution in [2.24, 2.45) is 0 Å². The Labute approximate surface area is 213 Å². The van der Waals surface area contributed by atoms with Gasteiger partial charge in [-0.1, -0.05) is 30.3 Å². The summed E-state index contributed by atoms with van der Waals surface area (Å²) in [6, 6.07) is 11.5. The molecule has 0 spiro atoms. The van der Waals surface area contributed by atoms with E-state index in [2.05, 4.69) is 20.1 Å². The highest BCUT2D eigenvalue weighted by Crippen LogP contribution is 2.50. The Morgan fingerprint density at radius 3 is 1.97 bits per heavy atom. The van der Waals surface area contributed by atoms with Crippen LogP contribution in [0.25, 0.3) is 6.08 Å². The summed E-state index contributed by atoms with van der Waals surface area (Å²) < 4.78 is 56.6. The number of ketones is 1. The summed E-state index contributed by atoms with van der Waals surface area (Å²) in [5, 5.41) is 5.16. The van der Waals surface area contributed by atoms with Crippen LogP contribution in [0.5, 0.6) is 0 Å². The molecule has 2 aromatic carbocycles. The van der Waals surface area contributed by atoms with Crippen LogP contribution in [0, 0.1) is 11.6 Å². The van der Waals surface area contributed by atoms with E-state index in [1.807, 2.05) is 0 Å². The Balaban J connectivity index is 0.000000384. The fraction of sp³-hybridized carbons (Fsp3) is 0.292. The highest BCUT2D eigenvalue weighted by Gasteiger charge is 2.41. The van der Waals surface area contributed by atoms with Crippen molar-refractivity contribution >= 4 is 31.4 Å². The fourth-order valence-electron chi connectivity index (χ4n) is 2.80. The van der Waals surface area contributed by atoms with E-state index in [4.69, 9.17) is 9.05 Å². The maximum absolute atomic E-state index is 12.9. The van der Waals surface area contributed by atoms with Crippen LogP contribution < -0.4 is 10.6 Å². The molecule has 37 heavy (non-hydrogen) atoms. The molecule has 10 nitrogen and oxygen atoms in total. The molecule has 13 heteroatoms. The Morgan fingerprint density at radius 1 is 0.946 bits per heavy atom. The Hall–Kier alpha value is -3.44. The van der Waals surface area contributed by atoms with Crippen molar-refractivity contribution in [1.82, 2.24) is 10.6 Å². The SMILES string of the molecule is CN/C(=C\c1cc(F)cc(F)c1)C(=O)OC.COC(=O)C(NCC(=O)c1ccccc1)P(=O)(OC)OC. The number of halogens is 2. The Bertz CT molecular complexity index is 1120. The second-order valence-electron chi connectivity index (χ2n) is 7.00. The first-order valence-corrected chi connectivity index (χ1v) is 12.2. The molecule has 1 atom stereocenters. The highest BCUT2D eigenvalue weighted by atomic mass is 31.2. The number of Topliss-reactive ketones (excluding diaryl/α,β-unsaturated/α-hetero) is 1. The fourth-order valence-corrected chi connectivity index (χ4v) is 4.05. The first kappa shape index (κ1) is 31.6. The first-order valence-electron chi connectivity index (χ1n) is 10.6. The average Bonchev–Trinajstić information content (AvgIpc) is 2.91. The third kappa shape index (κ3) is 9.85. The third-order valence-electron chi connectivity index (χ3n) is 4.67. The molecule has 0 aromatic heterocycles. The van der Waals surface area contributed by atoms with Gasteiger partial charge in [-0.15, -0.1) is 0 Å². The monoisotopic (exact) mass is 542 g/mol. The van der Waals surface area contributed by atoms with Gasteiger partial charge in [-0.2, -0.15) is 0 Å². The minimum Gasteiger partial charge on any atom is -0.467 e. The van der Waals surface area contributed by atoms with Gasteiger partial charge >= 0.3 is 19.5 Å². The van der Waals surface area contributed by atoms with Gasteiger partial charge in [0.05, 0.1) is 20.8 Å². The van der Waals surface area contributed by atoms with Gasteiger partial charge in [0.15, 0.2) is 5.78 Å². The van der Waals surface area contributed by atoms with Crippen LogP contribution in [-0.4, -0.2) is 65.5 Å². The van der Waals surface area contributed by atoms with Crippen LogP contribution in [0.4, 0.5) is 8.78 Å². The van der Waals surface area contributed by atoms with Gasteiger partial charge in [0, 0.05) is 32.9 Å². The first-order chi connectivity index (χ1) is 17.5. The lowest BCUT2D eigenvalue weighted by Gasteiger charge is -2.22. The number of ether oxygens (including phenoxy) is 2. The van der Waals surface area contributed by atoms with Crippen LogP contribution in [0.15, 0.2) is 54.2 Å². The molecular formula is C24H29F2N2O8P. The molecule has 2 aromatic rings. The lowest BCUT2D eigenvalue weighted by molar-refractivity contribution is -0.141. The largest absolute Gasteiger partial charge is 0.467 e. The quantitative estimate of drug-likeness (QED) is 0.189. The second-order valence-corrected chi connectivity index (χ2v) is 9.33. The molecule has 0 amide bonds. The molecule has 2 rings (SSSR count). The van der Waals surface area contributed by atoms with Crippen molar-refractivity contribution in [1.29, 1.82) is 0 Å². The van der Waals surface area contributed by atoms with Crippen molar-refractivity contribution in [3.05, 3.63) is 77.0 Å². The summed E-state index contributed by atoms with van der Waals surface area (Å²) in [5.41, 5.74) is 0.832. The zero-order valence-corrected chi connectivity index (χ0v) is 21.8. The number of carbonyl (C=O) groups is 3. The summed E-state index contributed by atoms with van der Waals surface area (Å²) in [5.74, 6) is -4.47. The zero-order chi connectivity index (χ0) is 28.0. The maximum Gasteiger partial charge on any atom is 0.358 e. The van der Waals surface area contributed by atoms with Crippen molar-refractivity contribution in [3.8, 4) is 0 Å². The predicted octanol–water partition coefficient (Wildman–Crippen LogP) is 3.14. The number of carbonyl (C=O) groups excluding carboxylic acids is 3. The minimum atomic E-state index is -3.75. The molecule has 2 N–H and O–H groups in total. The number of likely N-dealkylation sites (N-methyl/N-ethyl adjacent to an activating group) is 1. The maximum atomic E-state index is 12.9. The van der Waals surface area contributed by atoms with Crippen LogP contribution in [0.3, 0.4) is 0 Å². The molecule has 0 fully saturated rings. The van der Waals surface area contributed by atoms with Crippen LogP contribution in [-0.2, 0) is 32.7 Å². The van der Waals surface area contributed by atoms with Crippen LogP contribution in [0.1, 0.15) is 15.9 Å². The van der Waals surface area contributed by atoms with Gasteiger partial charge in [-0.25, -0.2) is 18.4 Å². The van der Waals surface area contributed by atoms with E-state index in [0.29, 0.717) is 5.56 Å². The van der Waals surface area contributed by atoms with Gasteiger partial charge in [-0.3, -0.25) is 14.7 Å². The van der Waals surface area contributed by atoms with E-state index >= 15 is 0 Å². The standard InChI is InChI=1S/C13H18NO6P.C11H11F2NO2/c1-18-13(16)12(21(17,19-2)20-3)14-9-11(15)10-7-5-4-6-8-10;1-14-10(11(15)16-2)5-7-3-8(12)6-9(13)4-7/h4-8,12,14H,9H2,1-3H3;3-6,14H,1-2H3/b;10-5-. The molecule has 202 valence electrons. The molecule has 0 bridgehead atoms. The molecule has 0 aliphatic rings. The summed E-state index contributed by atoms with van der Waals surface area (Å²) in [4.78, 5) is 34.9. The number of esters is 2. The van der Waals surface area contributed by atoms with Gasteiger partial charge < -0.3 is 23.8 Å². The number of methoxy groups -OCH3 is 2. The summed E-state index contributed by atoms with van der Waals surface area (Å²) in [6.45, 7) is -0.208. The molecule has 0 heterocycles. The normalized spacial score (nSPS) is 12.0. The third-order valence-corrected chi connectivity index (χ3v) is 6.72. The van der Waals surface area contributed by atoms with Crippen molar-refractivity contribution in [2.45, 2.75) is 5.78 Å². The van der Waals surface area contributed by atoms with E-state index in [-0.39, 0.29) is 23.6 Å². The number of nitrogens with one attached hydrogen (secondary N) is 2. The highest BCUT2D eigenvalue weighted by molar-refractivity contribution is 7.55. The van der Waals surface area contributed by atoms with Crippen LogP contribution >= 0.6 is 7.60 Å². The number of hydrogen-bond acceptors (Lipinski definition) is 10. The average molecular weight is 542 g/mol.